The summed E-state index contributed by atoms with van der Waals surface area (Å²) in [6.45, 7) is 0. The topological polar surface area (TPSA) is 3.24 Å². The Labute approximate surface area is 259 Å². The molecule has 0 bridgehead atoms. The standard InChI is InChI=1S/C43H31N/c1-5-16-32(17-6-1)33-28-30-37(31-29-33)44(36-22-11-4-12-23-36)41-27-15-26-40-42(41)38-24-13-14-25-39(38)43(40,34-18-7-2-8-19-34)35-20-9-3-10-21-35/h1-31H. The van der Waals surface area contributed by atoms with Crippen molar-refractivity contribution in [2.24, 2.45) is 0 Å². The molecule has 0 spiro atoms. The fraction of sp³-hybridized carbons (Fsp3) is 0.0233. The summed E-state index contributed by atoms with van der Waals surface area (Å²) >= 11 is 0. The Balaban J connectivity index is 1.41. The monoisotopic (exact) mass is 561 g/mol. The van der Waals surface area contributed by atoms with Gasteiger partial charge in [0.1, 0.15) is 0 Å². The SMILES string of the molecule is c1ccc(-c2ccc(N(c3ccccc3)c3cccc4c3-c3ccccc3C4(c3ccccc3)c3ccccc3)cc2)cc1. The lowest BCUT2D eigenvalue weighted by atomic mass is 9.68. The summed E-state index contributed by atoms with van der Waals surface area (Å²) < 4.78 is 0. The second-order valence-corrected chi connectivity index (χ2v) is 11.3. The van der Waals surface area contributed by atoms with E-state index < -0.39 is 5.41 Å². The van der Waals surface area contributed by atoms with Crippen LogP contribution in [0.4, 0.5) is 17.1 Å². The Hall–Kier alpha value is -5.66. The van der Waals surface area contributed by atoms with Crippen LogP contribution < -0.4 is 4.90 Å². The smallest absolute Gasteiger partial charge is 0.0714 e. The van der Waals surface area contributed by atoms with Crippen molar-refractivity contribution in [3.8, 4) is 22.3 Å². The molecule has 7 aromatic rings. The number of para-hydroxylation sites is 1. The van der Waals surface area contributed by atoms with Crippen molar-refractivity contribution in [2.45, 2.75) is 5.41 Å². The molecule has 0 aromatic heterocycles. The van der Waals surface area contributed by atoms with Crippen molar-refractivity contribution in [3.63, 3.8) is 0 Å². The molecule has 0 N–H and O–H groups in total. The molecule has 0 radical (unpaired) electrons. The Kier molecular flexibility index (Phi) is 6.43. The first-order chi connectivity index (χ1) is 21.9. The summed E-state index contributed by atoms with van der Waals surface area (Å²) in [5.41, 5.74) is 13.1. The van der Waals surface area contributed by atoms with Crippen molar-refractivity contribution >= 4 is 17.1 Å². The largest absolute Gasteiger partial charge is 0.310 e. The summed E-state index contributed by atoms with van der Waals surface area (Å²) in [6, 6.07) is 68.1. The first-order valence-corrected chi connectivity index (χ1v) is 15.2. The maximum absolute atomic E-state index is 2.41. The van der Waals surface area contributed by atoms with E-state index in [1.165, 1.54) is 50.2 Å². The molecule has 7 aromatic carbocycles. The van der Waals surface area contributed by atoms with E-state index in [0.717, 1.165) is 11.4 Å². The first-order valence-electron chi connectivity index (χ1n) is 15.2. The number of hydrogen-bond acceptors (Lipinski definition) is 1. The van der Waals surface area contributed by atoms with Gasteiger partial charge in [-0.2, -0.15) is 0 Å². The average molecular weight is 562 g/mol. The van der Waals surface area contributed by atoms with Crippen LogP contribution in [0, 0.1) is 0 Å². The lowest BCUT2D eigenvalue weighted by molar-refractivity contribution is 0.768. The van der Waals surface area contributed by atoms with Gasteiger partial charge < -0.3 is 4.90 Å². The molecule has 1 nitrogen and oxygen atoms in total. The van der Waals surface area contributed by atoms with Crippen molar-refractivity contribution < 1.29 is 0 Å². The van der Waals surface area contributed by atoms with E-state index in [-0.39, 0.29) is 0 Å². The molecular formula is C43H31N. The molecule has 1 aliphatic rings. The fourth-order valence-corrected chi connectivity index (χ4v) is 7.10. The third-order valence-electron chi connectivity index (χ3n) is 8.95. The maximum Gasteiger partial charge on any atom is 0.0714 e. The van der Waals surface area contributed by atoms with E-state index >= 15 is 0 Å². The molecule has 0 fully saturated rings. The predicted octanol–water partition coefficient (Wildman–Crippen LogP) is 11.2. The van der Waals surface area contributed by atoms with Gasteiger partial charge >= 0.3 is 0 Å². The van der Waals surface area contributed by atoms with E-state index in [4.69, 9.17) is 0 Å². The predicted molar refractivity (Wildman–Crippen MR) is 184 cm³/mol. The molecule has 8 rings (SSSR count). The zero-order valence-corrected chi connectivity index (χ0v) is 24.3. The molecule has 0 heterocycles. The third-order valence-corrected chi connectivity index (χ3v) is 8.95. The quantitative estimate of drug-likeness (QED) is 0.195. The molecule has 0 saturated carbocycles. The van der Waals surface area contributed by atoms with Gasteiger partial charge in [-0.3, -0.25) is 0 Å². The van der Waals surface area contributed by atoms with Gasteiger partial charge in [-0.25, -0.2) is 0 Å². The highest BCUT2D eigenvalue weighted by Gasteiger charge is 2.47. The Morgan fingerprint density at radius 1 is 0.341 bits per heavy atom. The van der Waals surface area contributed by atoms with Crippen LogP contribution in [-0.4, -0.2) is 0 Å². The number of benzene rings is 7. The molecule has 0 amide bonds. The summed E-state index contributed by atoms with van der Waals surface area (Å²) in [5.74, 6) is 0. The first kappa shape index (κ1) is 26.0. The van der Waals surface area contributed by atoms with Gasteiger partial charge in [0.15, 0.2) is 0 Å². The van der Waals surface area contributed by atoms with Crippen molar-refractivity contribution in [2.75, 3.05) is 4.90 Å². The van der Waals surface area contributed by atoms with Crippen LogP contribution in [0.2, 0.25) is 0 Å². The van der Waals surface area contributed by atoms with Gasteiger partial charge in [0.25, 0.3) is 0 Å². The number of anilines is 3. The second-order valence-electron chi connectivity index (χ2n) is 11.3. The minimum atomic E-state index is -0.440. The fourth-order valence-electron chi connectivity index (χ4n) is 7.10. The molecule has 208 valence electrons. The third kappa shape index (κ3) is 4.09. The average Bonchev–Trinajstić information content (AvgIpc) is 3.42. The summed E-state index contributed by atoms with van der Waals surface area (Å²) in [4.78, 5) is 2.41. The molecule has 0 saturated heterocycles. The molecule has 44 heavy (non-hydrogen) atoms. The zero-order valence-electron chi connectivity index (χ0n) is 24.3. The number of hydrogen-bond donors (Lipinski definition) is 0. The Bertz CT molecular complexity index is 1990. The van der Waals surface area contributed by atoms with Crippen molar-refractivity contribution in [1.82, 2.24) is 0 Å². The second kappa shape index (κ2) is 10.9. The molecular weight excluding hydrogens is 530 g/mol. The van der Waals surface area contributed by atoms with Gasteiger partial charge in [-0.05, 0) is 69.3 Å². The van der Waals surface area contributed by atoms with Gasteiger partial charge in [0, 0.05) is 16.9 Å². The van der Waals surface area contributed by atoms with E-state index in [1.54, 1.807) is 0 Å². The molecule has 1 heteroatoms. The van der Waals surface area contributed by atoms with E-state index in [0.29, 0.717) is 0 Å². The lowest BCUT2D eigenvalue weighted by Gasteiger charge is -2.34. The number of rotatable bonds is 6. The minimum Gasteiger partial charge on any atom is -0.310 e. The van der Waals surface area contributed by atoms with Crippen molar-refractivity contribution in [3.05, 3.63) is 210 Å². The Morgan fingerprint density at radius 2 is 0.818 bits per heavy atom. The molecule has 1 aliphatic carbocycles. The van der Waals surface area contributed by atoms with Crippen molar-refractivity contribution in [1.29, 1.82) is 0 Å². The molecule has 0 atom stereocenters. The van der Waals surface area contributed by atoms with Gasteiger partial charge in [0.2, 0.25) is 0 Å². The van der Waals surface area contributed by atoms with Crippen LogP contribution in [-0.2, 0) is 5.41 Å². The highest BCUT2D eigenvalue weighted by Crippen LogP contribution is 2.59. The highest BCUT2D eigenvalue weighted by molar-refractivity contribution is 5.97. The number of nitrogens with zero attached hydrogens (tertiary/aromatic N) is 1. The van der Waals surface area contributed by atoms with Crippen LogP contribution in [0.25, 0.3) is 22.3 Å². The Morgan fingerprint density at radius 3 is 1.45 bits per heavy atom. The van der Waals surface area contributed by atoms with Gasteiger partial charge in [-0.15, -0.1) is 0 Å². The lowest BCUT2D eigenvalue weighted by Crippen LogP contribution is -2.28. The number of fused-ring (bicyclic) bond motifs is 3. The van der Waals surface area contributed by atoms with Crippen LogP contribution >= 0.6 is 0 Å². The maximum atomic E-state index is 2.41. The van der Waals surface area contributed by atoms with Crippen LogP contribution in [0.5, 0.6) is 0 Å². The molecule has 0 aliphatic heterocycles. The summed E-state index contributed by atoms with van der Waals surface area (Å²) in [6.07, 6.45) is 0. The molecule has 0 unspecified atom stereocenters. The summed E-state index contributed by atoms with van der Waals surface area (Å²) in [7, 11) is 0. The normalized spacial score (nSPS) is 12.7. The van der Waals surface area contributed by atoms with E-state index in [1.807, 2.05) is 0 Å². The van der Waals surface area contributed by atoms with Crippen LogP contribution in [0.3, 0.4) is 0 Å². The highest BCUT2D eigenvalue weighted by atomic mass is 15.1. The minimum absolute atomic E-state index is 0.440. The van der Waals surface area contributed by atoms with Crippen LogP contribution in [0.1, 0.15) is 22.3 Å². The zero-order chi connectivity index (χ0) is 29.3. The van der Waals surface area contributed by atoms with E-state index in [2.05, 4.69) is 193 Å². The van der Waals surface area contributed by atoms with E-state index in [9.17, 15) is 0 Å². The van der Waals surface area contributed by atoms with Gasteiger partial charge in [0.05, 0.1) is 11.1 Å². The van der Waals surface area contributed by atoms with Crippen LogP contribution in [0.15, 0.2) is 188 Å². The summed E-state index contributed by atoms with van der Waals surface area (Å²) in [5, 5.41) is 0. The van der Waals surface area contributed by atoms with Gasteiger partial charge in [-0.1, -0.05) is 158 Å².